The molecule has 0 spiro atoms. The monoisotopic (exact) mass is 324 g/mol. The highest BCUT2D eigenvalue weighted by atomic mass is 16.3. The normalized spacial score (nSPS) is 17.8. The Labute approximate surface area is 138 Å². The van der Waals surface area contributed by atoms with Gasteiger partial charge in [-0.3, -0.25) is 4.79 Å². The molecule has 24 heavy (non-hydrogen) atoms. The summed E-state index contributed by atoms with van der Waals surface area (Å²) in [4.78, 5) is 12.5. The summed E-state index contributed by atoms with van der Waals surface area (Å²) in [6, 6.07) is 9.12. The Morgan fingerprint density at radius 3 is 1.54 bits per heavy atom. The first kappa shape index (κ1) is 15.7. The van der Waals surface area contributed by atoms with Crippen molar-refractivity contribution >= 4 is 17.9 Å². The van der Waals surface area contributed by atoms with E-state index < -0.39 is 0 Å². The summed E-state index contributed by atoms with van der Waals surface area (Å²) in [5.74, 6) is -1.19. The molecule has 0 unspecified atom stereocenters. The Kier molecular flexibility index (Phi) is 4.00. The van der Waals surface area contributed by atoms with Gasteiger partial charge in [0.2, 0.25) is 0 Å². The molecule has 0 aromatic heterocycles. The predicted molar refractivity (Wildman–Crippen MR) is 89.7 cm³/mol. The largest absolute Gasteiger partial charge is 0.504 e. The third-order valence-electron chi connectivity index (χ3n) is 4.00. The van der Waals surface area contributed by atoms with Crippen LogP contribution >= 0.6 is 0 Å². The van der Waals surface area contributed by atoms with E-state index in [-0.39, 0.29) is 28.8 Å². The van der Waals surface area contributed by atoms with E-state index in [1.165, 1.54) is 12.1 Å². The van der Waals surface area contributed by atoms with Crippen LogP contribution in [-0.4, -0.2) is 26.2 Å². The van der Waals surface area contributed by atoms with Gasteiger partial charge in [-0.25, -0.2) is 0 Å². The second-order valence-corrected chi connectivity index (χ2v) is 5.60. The first-order valence-corrected chi connectivity index (χ1v) is 7.45. The molecule has 3 rings (SSSR count). The van der Waals surface area contributed by atoms with Crippen molar-refractivity contribution < 1.29 is 25.2 Å². The van der Waals surface area contributed by atoms with Crippen molar-refractivity contribution in [1.29, 1.82) is 0 Å². The molecule has 122 valence electrons. The Morgan fingerprint density at radius 1 is 0.708 bits per heavy atom. The van der Waals surface area contributed by atoms with Gasteiger partial charge in [0.25, 0.3) is 0 Å². The van der Waals surface area contributed by atoms with Crippen LogP contribution in [0.5, 0.6) is 23.0 Å². The lowest BCUT2D eigenvalue weighted by molar-refractivity contribution is -0.111. The van der Waals surface area contributed by atoms with Gasteiger partial charge in [0.05, 0.1) is 0 Å². The molecular weight excluding hydrogens is 308 g/mol. The topological polar surface area (TPSA) is 98.0 Å². The second-order valence-electron chi connectivity index (χ2n) is 5.60. The second kappa shape index (κ2) is 6.12. The SMILES string of the molecule is O=C1/C(=C/c2cccc(O)c2O)CC/C1=C\c1cccc(O)c1O. The molecule has 1 aliphatic carbocycles. The van der Waals surface area contributed by atoms with Crippen LogP contribution in [-0.2, 0) is 4.79 Å². The predicted octanol–water partition coefficient (Wildman–Crippen LogP) is 3.34. The average molecular weight is 324 g/mol. The van der Waals surface area contributed by atoms with Crippen molar-refractivity contribution in [2.75, 3.05) is 0 Å². The first-order chi connectivity index (χ1) is 11.5. The molecule has 0 saturated heterocycles. The zero-order valence-electron chi connectivity index (χ0n) is 12.7. The minimum atomic E-state index is -0.263. The maximum atomic E-state index is 12.5. The highest BCUT2D eigenvalue weighted by Gasteiger charge is 2.24. The van der Waals surface area contributed by atoms with Gasteiger partial charge < -0.3 is 20.4 Å². The van der Waals surface area contributed by atoms with Crippen LogP contribution in [0.25, 0.3) is 12.2 Å². The number of hydrogen-bond acceptors (Lipinski definition) is 5. The molecule has 0 aliphatic heterocycles. The average Bonchev–Trinajstić information content (AvgIpc) is 2.89. The van der Waals surface area contributed by atoms with Gasteiger partial charge in [-0.05, 0) is 37.1 Å². The van der Waals surface area contributed by atoms with Crippen molar-refractivity contribution in [1.82, 2.24) is 0 Å². The number of allylic oxidation sites excluding steroid dienone is 2. The number of ketones is 1. The molecule has 0 amide bonds. The summed E-state index contributed by atoms with van der Waals surface area (Å²) in [7, 11) is 0. The van der Waals surface area contributed by atoms with Crippen LogP contribution in [0.4, 0.5) is 0 Å². The molecule has 0 radical (unpaired) electrons. The molecule has 2 aromatic carbocycles. The molecule has 5 nitrogen and oxygen atoms in total. The van der Waals surface area contributed by atoms with Crippen molar-refractivity contribution in [2.24, 2.45) is 0 Å². The Morgan fingerprint density at radius 2 is 1.12 bits per heavy atom. The van der Waals surface area contributed by atoms with Crippen LogP contribution in [0.1, 0.15) is 24.0 Å². The molecule has 1 saturated carbocycles. The lowest BCUT2D eigenvalue weighted by atomic mass is 10.1. The van der Waals surface area contributed by atoms with E-state index in [9.17, 15) is 25.2 Å². The molecule has 4 N–H and O–H groups in total. The van der Waals surface area contributed by atoms with Crippen molar-refractivity contribution in [3.05, 3.63) is 58.7 Å². The first-order valence-electron chi connectivity index (χ1n) is 7.45. The maximum absolute atomic E-state index is 12.5. The van der Waals surface area contributed by atoms with Gasteiger partial charge in [0.15, 0.2) is 28.8 Å². The number of aromatic hydroxyl groups is 4. The van der Waals surface area contributed by atoms with Gasteiger partial charge in [-0.15, -0.1) is 0 Å². The van der Waals surface area contributed by atoms with Crippen LogP contribution in [0.3, 0.4) is 0 Å². The van der Waals surface area contributed by atoms with Gasteiger partial charge >= 0.3 is 0 Å². The van der Waals surface area contributed by atoms with Gasteiger partial charge in [-0.1, -0.05) is 24.3 Å². The fourth-order valence-corrected chi connectivity index (χ4v) is 2.68. The minimum Gasteiger partial charge on any atom is -0.504 e. The van der Waals surface area contributed by atoms with E-state index >= 15 is 0 Å². The number of phenols is 4. The number of carbonyl (C=O) groups is 1. The zero-order chi connectivity index (χ0) is 17.3. The number of carbonyl (C=O) groups excluding carboxylic acids is 1. The third-order valence-corrected chi connectivity index (χ3v) is 4.00. The molecular formula is C19H16O5. The lowest BCUT2D eigenvalue weighted by Crippen LogP contribution is -1.95. The smallest absolute Gasteiger partial charge is 0.185 e. The van der Waals surface area contributed by atoms with Crippen LogP contribution in [0.2, 0.25) is 0 Å². The number of hydrogen-bond donors (Lipinski definition) is 4. The summed E-state index contributed by atoms with van der Waals surface area (Å²) in [5.41, 5.74) is 1.78. The summed E-state index contributed by atoms with van der Waals surface area (Å²) in [6.45, 7) is 0. The van der Waals surface area contributed by atoms with Gasteiger partial charge in [0, 0.05) is 22.3 Å². The molecule has 0 heterocycles. The van der Waals surface area contributed by atoms with Crippen molar-refractivity contribution in [2.45, 2.75) is 12.8 Å². The number of benzene rings is 2. The number of para-hydroxylation sites is 2. The summed E-state index contributed by atoms with van der Waals surface area (Å²) >= 11 is 0. The third kappa shape index (κ3) is 2.84. The van der Waals surface area contributed by atoms with E-state index in [1.54, 1.807) is 36.4 Å². The van der Waals surface area contributed by atoms with Crippen molar-refractivity contribution in [3.63, 3.8) is 0 Å². The lowest BCUT2D eigenvalue weighted by Gasteiger charge is -2.03. The minimum absolute atomic E-state index is 0.180. The quantitative estimate of drug-likeness (QED) is 0.502. The van der Waals surface area contributed by atoms with Gasteiger partial charge in [0.1, 0.15) is 0 Å². The number of phenolic OH excluding ortho intramolecular Hbond substituents is 4. The highest BCUT2D eigenvalue weighted by Crippen LogP contribution is 2.36. The Balaban J connectivity index is 1.93. The fourth-order valence-electron chi connectivity index (χ4n) is 2.68. The molecule has 1 fully saturated rings. The van der Waals surface area contributed by atoms with E-state index in [0.717, 1.165) is 0 Å². The zero-order valence-corrected chi connectivity index (χ0v) is 12.7. The number of Topliss-reactive ketones (excluding diaryl/α,β-unsaturated/α-hetero) is 1. The summed E-state index contributed by atoms with van der Waals surface area (Å²) in [5, 5.41) is 38.7. The van der Waals surface area contributed by atoms with Crippen LogP contribution < -0.4 is 0 Å². The van der Waals surface area contributed by atoms with Crippen LogP contribution in [0.15, 0.2) is 47.5 Å². The van der Waals surface area contributed by atoms with E-state index in [1.807, 2.05) is 0 Å². The van der Waals surface area contributed by atoms with Crippen LogP contribution in [0, 0.1) is 0 Å². The van der Waals surface area contributed by atoms with E-state index in [4.69, 9.17) is 0 Å². The van der Waals surface area contributed by atoms with Gasteiger partial charge in [-0.2, -0.15) is 0 Å². The molecule has 5 heteroatoms. The summed E-state index contributed by atoms with van der Waals surface area (Å²) < 4.78 is 0. The highest BCUT2D eigenvalue weighted by molar-refractivity contribution is 6.15. The van der Waals surface area contributed by atoms with E-state index in [2.05, 4.69) is 0 Å². The van der Waals surface area contributed by atoms with Crippen molar-refractivity contribution in [3.8, 4) is 23.0 Å². The summed E-state index contributed by atoms with van der Waals surface area (Å²) in [6.07, 6.45) is 4.11. The molecule has 0 atom stereocenters. The number of rotatable bonds is 2. The van der Waals surface area contributed by atoms with E-state index in [0.29, 0.717) is 35.1 Å². The Hall–Kier alpha value is -3.21. The molecule has 1 aliphatic rings. The molecule has 2 aromatic rings. The maximum Gasteiger partial charge on any atom is 0.185 e. The Bertz CT molecular complexity index is 806. The standard InChI is InChI=1S/C19H16O5/c20-15-5-1-3-11(18(15)23)9-13-7-8-14(17(13)22)10-12-4-2-6-16(21)19(12)24/h1-6,9-10,20-21,23-24H,7-8H2/b13-9+,14-10+. The fraction of sp³-hybridized carbons (Fsp3) is 0.105. The molecule has 0 bridgehead atoms.